The molecule has 1 heterocycles. The number of thioether (sulfide) groups is 1. The summed E-state index contributed by atoms with van der Waals surface area (Å²) in [5.74, 6) is 0. The number of nitrogens with zero attached hydrogens (tertiary/aromatic N) is 2. The van der Waals surface area contributed by atoms with E-state index < -0.39 is 0 Å². The van der Waals surface area contributed by atoms with Gasteiger partial charge in [0.25, 0.3) is 0 Å². The van der Waals surface area contributed by atoms with Crippen LogP contribution in [-0.4, -0.2) is 15.8 Å². The van der Waals surface area contributed by atoms with Crippen LogP contribution in [0.4, 0.5) is 0 Å². The number of rotatable bonds is 3. The quantitative estimate of drug-likeness (QED) is 0.600. The predicted molar refractivity (Wildman–Crippen MR) is 65.8 cm³/mol. The summed E-state index contributed by atoms with van der Waals surface area (Å²) in [5, 5.41) is 0.759. The zero-order valence-electron chi connectivity index (χ0n) is 8.96. The first kappa shape index (κ1) is 11.0. The molecule has 0 radical (unpaired) electrons. The number of hydrogen-bond acceptors (Lipinski definition) is 3. The Morgan fingerprint density at radius 1 is 1.25 bits per heavy atom. The average Bonchev–Trinajstić information content (AvgIpc) is 2.33. The Morgan fingerprint density at radius 2 is 2.00 bits per heavy atom. The van der Waals surface area contributed by atoms with Crippen LogP contribution in [0.1, 0.15) is 5.56 Å². The molecule has 0 aliphatic rings. The van der Waals surface area contributed by atoms with Gasteiger partial charge in [0.05, 0.1) is 6.54 Å². The normalized spacial score (nSPS) is 10.3. The molecule has 0 unspecified atom stereocenters. The summed E-state index contributed by atoms with van der Waals surface area (Å²) in [7, 11) is 0. The van der Waals surface area contributed by atoms with E-state index in [0.29, 0.717) is 6.54 Å². The van der Waals surface area contributed by atoms with Gasteiger partial charge in [0.1, 0.15) is 5.03 Å². The standard InChI is InChI=1S/C12H12N2OS/c1-16-11-7-8-14(12(15)13-11)9-10-5-3-2-4-6-10/h2-8H,9H2,1H3. The largest absolute Gasteiger partial charge is 0.348 e. The van der Waals surface area contributed by atoms with Crippen molar-refractivity contribution in [3.05, 3.63) is 58.6 Å². The van der Waals surface area contributed by atoms with Gasteiger partial charge in [-0.1, -0.05) is 30.3 Å². The molecule has 4 heteroatoms. The van der Waals surface area contributed by atoms with Gasteiger partial charge in [-0.25, -0.2) is 4.79 Å². The topological polar surface area (TPSA) is 34.9 Å². The molecule has 0 aliphatic heterocycles. The van der Waals surface area contributed by atoms with Crippen molar-refractivity contribution in [1.29, 1.82) is 0 Å². The van der Waals surface area contributed by atoms with Gasteiger partial charge in [-0.05, 0) is 17.9 Å². The third kappa shape index (κ3) is 2.52. The van der Waals surface area contributed by atoms with Crippen LogP contribution in [0.2, 0.25) is 0 Å². The Labute approximate surface area is 98.2 Å². The van der Waals surface area contributed by atoms with Gasteiger partial charge < -0.3 is 0 Å². The van der Waals surface area contributed by atoms with Gasteiger partial charge in [-0.15, -0.1) is 11.8 Å². The van der Waals surface area contributed by atoms with Gasteiger partial charge in [0.2, 0.25) is 0 Å². The predicted octanol–water partition coefficient (Wildman–Crippen LogP) is 2.01. The maximum Gasteiger partial charge on any atom is 0.348 e. The van der Waals surface area contributed by atoms with Crippen LogP contribution in [0.5, 0.6) is 0 Å². The van der Waals surface area contributed by atoms with E-state index in [-0.39, 0.29) is 5.69 Å². The molecule has 0 saturated heterocycles. The molecule has 0 amide bonds. The summed E-state index contributed by atoms with van der Waals surface area (Å²) in [6, 6.07) is 11.7. The van der Waals surface area contributed by atoms with Crippen molar-refractivity contribution in [2.45, 2.75) is 11.6 Å². The summed E-state index contributed by atoms with van der Waals surface area (Å²) < 4.78 is 1.61. The lowest BCUT2D eigenvalue weighted by Crippen LogP contribution is -2.22. The Bertz CT molecular complexity index is 522. The molecule has 1 aromatic carbocycles. The van der Waals surface area contributed by atoms with Gasteiger partial charge >= 0.3 is 5.69 Å². The maximum atomic E-state index is 11.6. The fraction of sp³-hybridized carbons (Fsp3) is 0.167. The number of aromatic nitrogens is 2. The van der Waals surface area contributed by atoms with E-state index in [1.807, 2.05) is 42.7 Å². The minimum atomic E-state index is -0.198. The van der Waals surface area contributed by atoms with E-state index in [9.17, 15) is 4.79 Å². The lowest BCUT2D eigenvalue weighted by atomic mass is 10.2. The first-order valence-corrected chi connectivity index (χ1v) is 6.17. The van der Waals surface area contributed by atoms with E-state index >= 15 is 0 Å². The molecule has 1 aromatic heterocycles. The molecule has 3 nitrogen and oxygen atoms in total. The van der Waals surface area contributed by atoms with Gasteiger partial charge in [-0.3, -0.25) is 4.57 Å². The first-order chi connectivity index (χ1) is 7.79. The minimum Gasteiger partial charge on any atom is -0.295 e. The van der Waals surface area contributed by atoms with E-state index in [1.165, 1.54) is 11.8 Å². The van der Waals surface area contributed by atoms with Crippen molar-refractivity contribution >= 4 is 11.8 Å². The van der Waals surface area contributed by atoms with Crippen LogP contribution in [-0.2, 0) is 6.54 Å². The molecule has 2 rings (SSSR count). The number of benzene rings is 1. The zero-order chi connectivity index (χ0) is 11.4. The summed E-state index contributed by atoms with van der Waals surface area (Å²) in [4.78, 5) is 15.6. The second kappa shape index (κ2) is 4.99. The molecular weight excluding hydrogens is 220 g/mol. The third-order valence-corrected chi connectivity index (χ3v) is 2.90. The average molecular weight is 232 g/mol. The monoisotopic (exact) mass is 232 g/mol. The third-order valence-electron chi connectivity index (χ3n) is 2.25. The molecule has 0 N–H and O–H groups in total. The van der Waals surface area contributed by atoms with Crippen molar-refractivity contribution in [3.63, 3.8) is 0 Å². The fourth-order valence-electron chi connectivity index (χ4n) is 1.43. The highest BCUT2D eigenvalue weighted by Gasteiger charge is 1.99. The van der Waals surface area contributed by atoms with Crippen LogP contribution < -0.4 is 5.69 Å². The summed E-state index contributed by atoms with van der Waals surface area (Å²) in [6.45, 7) is 0.571. The van der Waals surface area contributed by atoms with Gasteiger partial charge in [0, 0.05) is 6.20 Å². The second-order valence-electron chi connectivity index (χ2n) is 3.37. The second-order valence-corrected chi connectivity index (χ2v) is 4.19. The Hall–Kier alpha value is -1.55. The van der Waals surface area contributed by atoms with Crippen molar-refractivity contribution < 1.29 is 0 Å². The Balaban J connectivity index is 2.26. The van der Waals surface area contributed by atoms with Crippen molar-refractivity contribution in [1.82, 2.24) is 9.55 Å². The molecule has 0 aliphatic carbocycles. The fourth-order valence-corrected chi connectivity index (χ4v) is 1.79. The van der Waals surface area contributed by atoms with Crippen molar-refractivity contribution in [2.75, 3.05) is 6.26 Å². The van der Waals surface area contributed by atoms with E-state index in [0.717, 1.165) is 10.6 Å². The molecule has 0 fully saturated rings. The van der Waals surface area contributed by atoms with E-state index in [2.05, 4.69) is 4.98 Å². The molecule has 0 bridgehead atoms. The summed E-state index contributed by atoms with van der Waals surface area (Å²) in [6.07, 6.45) is 3.69. The van der Waals surface area contributed by atoms with Crippen LogP contribution in [0.15, 0.2) is 52.4 Å². The lowest BCUT2D eigenvalue weighted by Gasteiger charge is -2.05. The highest BCUT2D eigenvalue weighted by Crippen LogP contribution is 2.07. The number of hydrogen-bond donors (Lipinski definition) is 0. The smallest absolute Gasteiger partial charge is 0.295 e. The van der Waals surface area contributed by atoms with Gasteiger partial charge in [-0.2, -0.15) is 4.98 Å². The molecule has 0 saturated carbocycles. The van der Waals surface area contributed by atoms with Crippen LogP contribution in [0.25, 0.3) is 0 Å². The molecule has 0 atom stereocenters. The highest BCUT2D eigenvalue weighted by atomic mass is 32.2. The molecule has 82 valence electrons. The summed E-state index contributed by atoms with van der Waals surface area (Å²) >= 11 is 1.47. The van der Waals surface area contributed by atoms with E-state index in [4.69, 9.17) is 0 Å². The maximum absolute atomic E-state index is 11.6. The van der Waals surface area contributed by atoms with Crippen LogP contribution in [0, 0.1) is 0 Å². The van der Waals surface area contributed by atoms with Crippen molar-refractivity contribution in [2.24, 2.45) is 0 Å². The van der Waals surface area contributed by atoms with Crippen LogP contribution >= 0.6 is 11.8 Å². The Kier molecular flexibility index (Phi) is 3.41. The Morgan fingerprint density at radius 3 is 2.62 bits per heavy atom. The molecule has 0 spiro atoms. The lowest BCUT2D eigenvalue weighted by molar-refractivity contribution is 0.709. The summed E-state index contributed by atoms with van der Waals surface area (Å²) in [5.41, 5.74) is 0.902. The molecule has 2 aromatic rings. The SMILES string of the molecule is CSc1ccn(Cc2ccccc2)c(=O)n1. The molecular formula is C12H12N2OS. The zero-order valence-corrected chi connectivity index (χ0v) is 9.78. The highest BCUT2D eigenvalue weighted by molar-refractivity contribution is 7.98. The van der Waals surface area contributed by atoms with Crippen molar-refractivity contribution in [3.8, 4) is 0 Å². The van der Waals surface area contributed by atoms with E-state index in [1.54, 1.807) is 10.8 Å². The van der Waals surface area contributed by atoms with Gasteiger partial charge in [0.15, 0.2) is 0 Å². The molecule has 16 heavy (non-hydrogen) atoms. The van der Waals surface area contributed by atoms with Crippen LogP contribution in [0.3, 0.4) is 0 Å². The minimum absolute atomic E-state index is 0.198. The first-order valence-electron chi connectivity index (χ1n) is 4.95.